The molecule has 1 aliphatic rings. The molecule has 0 bridgehead atoms. The molecule has 23 heavy (non-hydrogen) atoms. The molecule has 1 aliphatic carbocycles. The number of benzene rings is 1. The van der Waals surface area contributed by atoms with E-state index in [-0.39, 0.29) is 11.3 Å². The average Bonchev–Trinajstić information content (AvgIpc) is 2.87. The van der Waals surface area contributed by atoms with E-state index in [2.05, 4.69) is 38.0 Å². The standard InChI is InChI=1S/C19H24N2OS/c1-12-5-10-15-16(11-12)23-18(20-15)21-17(22)13-6-8-14(9-7-13)19(2,3)4/h6-9,12H,5,10-11H2,1-4H3,(H,20,21,22)/t12-/m0/s1. The second kappa shape index (κ2) is 6.08. The maximum absolute atomic E-state index is 12.4. The molecule has 1 aromatic heterocycles. The zero-order valence-electron chi connectivity index (χ0n) is 14.3. The van der Waals surface area contributed by atoms with Gasteiger partial charge < -0.3 is 0 Å². The van der Waals surface area contributed by atoms with Crippen molar-refractivity contribution < 1.29 is 4.79 Å². The summed E-state index contributed by atoms with van der Waals surface area (Å²) in [5, 5.41) is 3.69. The number of thiazole rings is 1. The number of aromatic nitrogens is 1. The van der Waals surface area contributed by atoms with Crippen LogP contribution in [-0.2, 0) is 18.3 Å². The lowest BCUT2D eigenvalue weighted by Gasteiger charge is -2.18. The number of nitrogens with zero attached hydrogens (tertiary/aromatic N) is 1. The average molecular weight is 328 g/mol. The van der Waals surface area contributed by atoms with Gasteiger partial charge in [0.25, 0.3) is 5.91 Å². The van der Waals surface area contributed by atoms with E-state index in [4.69, 9.17) is 0 Å². The molecule has 122 valence electrons. The highest BCUT2D eigenvalue weighted by molar-refractivity contribution is 7.15. The third kappa shape index (κ3) is 3.63. The van der Waals surface area contributed by atoms with Crippen molar-refractivity contribution in [2.75, 3.05) is 5.32 Å². The first-order chi connectivity index (χ1) is 10.8. The summed E-state index contributed by atoms with van der Waals surface area (Å²) in [6, 6.07) is 7.85. The second-order valence-corrected chi connectivity index (χ2v) is 8.60. The predicted molar refractivity (Wildman–Crippen MR) is 96.4 cm³/mol. The zero-order chi connectivity index (χ0) is 16.6. The Balaban J connectivity index is 1.72. The number of anilines is 1. The van der Waals surface area contributed by atoms with Crippen LogP contribution in [0.3, 0.4) is 0 Å². The van der Waals surface area contributed by atoms with Gasteiger partial charge in [-0.1, -0.05) is 39.8 Å². The Morgan fingerprint density at radius 3 is 2.61 bits per heavy atom. The van der Waals surface area contributed by atoms with Crippen LogP contribution in [0.1, 0.15) is 60.6 Å². The molecule has 0 saturated carbocycles. The first-order valence-corrected chi connectivity index (χ1v) is 9.05. The van der Waals surface area contributed by atoms with Crippen LogP contribution in [0.5, 0.6) is 0 Å². The Morgan fingerprint density at radius 1 is 1.26 bits per heavy atom. The van der Waals surface area contributed by atoms with Crippen LogP contribution >= 0.6 is 11.3 Å². The summed E-state index contributed by atoms with van der Waals surface area (Å²) >= 11 is 1.63. The molecule has 1 amide bonds. The lowest BCUT2D eigenvalue weighted by Crippen LogP contribution is -2.14. The van der Waals surface area contributed by atoms with Gasteiger partial charge in [-0.3, -0.25) is 10.1 Å². The summed E-state index contributed by atoms with van der Waals surface area (Å²) in [7, 11) is 0. The molecular weight excluding hydrogens is 304 g/mol. The molecule has 1 N–H and O–H groups in total. The maximum atomic E-state index is 12.4. The quantitative estimate of drug-likeness (QED) is 0.859. The lowest BCUT2D eigenvalue weighted by molar-refractivity contribution is 0.102. The van der Waals surface area contributed by atoms with Gasteiger partial charge in [-0.2, -0.15) is 0 Å². The summed E-state index contributed by atoms with van der Waals surface area (Å²) in [6.07, 6.45) is 3.31. The number of rotatable bonds is 2. The van der Waals surface area contributed by atoms with Crippen LogP contribution < -0.4 is 5.32 Å². The molecule has 3 nitrogen and oxygen atoms in total. The molecule has 0 spiro atoms. The topological polar surface area (TPSA) is 42.0 Å². The van der Waals surface area contributed by atoms with E-state index in [9.17, 15) is 4.79 Å². The third-order valence-corrected chi connectivity index (χ3v) is 5.46. The molecular formula is C19H24N2OS. The van der Waals surface area contributed by atoms with Crippen molar-refractivity contribution in [3.8, 4) is 0 Å². The third-order valence-electron chi connectivity index (χ3n) is 4.42. The largest absolute Gasteiger partial charge is 0.298 e. The fraction of sp³-hybridized carbons (Fsp3) is 0.474. The summed E-state index contributed by atoms with van der Waals surface area (Å²) in [5.74, 6) is 0.640. The van der Waals surface area contributed by atoms with Crippen LogP contribution in [-0.4, -0.2) is 10.9 Å². The predicted octanol–water partition coefficient (Wildman–Crippen LogP) is 4.82. The van der Waals surface area contributed by atoms with E-state index < -0.39 is 0 Å². The Hall–Kier alpha value is -1.68. The first-order valence-electron chi connectivity index (χ1n) is 8.23. The highest BCUT2D eigenvalue weighted by Gasteiger charge is 2.21. The number of hydrogen-bond donors (Lipinski definition) is 1. The van der Waals surface area contributed by atoms with E-state index in [0.29, 0.717) is 5.56 Å². The number of aryl methyl sites for hydroxylation is 1. The summed E-state index contributed by atoms with van der Waals surface area (Å²) in [5.41, 5.74) is 3.18. The fourth-order valence-electron chi connectivity index (χ4n) is 2.88. The number of hydrogen-bond acceptors (Lipinski definition) is 3. The normalized spacial score (nSPS) is 17.7. The molecule has 0 radical (unpaired) electrons. The van der Waals surface area contributed by atoms with Gasteiger partial charge in [0.1, 0.15) is 0 Å². The van der Waals surface area contributed by atoms with Gasteiger partial charge in [-0.25, -0.2) is 4.98 Å². The van der Waals surface area contributed by atoms with Crippen molar-refractivity contribution in [3.63, 3.8) is 0 Å². The number of carbonyl (C=O) groups is 1. The molecule has 3 rings (SSSR count). The molecule has 0 saturated heterocycles. The molecule has 0 aliphatic heterocycles. The van der Waals surface area contributed by atoms with Crippen molar-refractivity contribution in [1.29, 1.82) is 0 Å². The van der Waals surface area contributed by atoms with Gasteiger partial charge in [-0.15, -0.1) is 11.3 Å². The Bertz CT molecular complexity index is 710. The molecule has 2 aromatic rings. The monoisotopic (exact) mass is 328 g/mol. The van der Waals surface area contributed by atoms with Gasteiger partial charge in [0.2, 0.25) is 0 Å². The van der Waals surface area contributed by atoms with Crippen molar-refractivity contribution in [2.45, 2.75) is 52.4 Å². The van der Waals surface area contributed by atoms with Crippen molar-refractivity contribution in [3.05, 3.63) is 46.0 Å². The molecule has 0 unspecified atom stereocenters. The second-order valence-electron chi connectivity index (χ2n) is 7.52. The van der Waals surface area contributed by atoms with Crippen molar-refractivity contribution >= 4 is 22.4 Å². The van der Waals surface area contributed by atoms with E-state index in [1.54, 1.807) is 11.3 Å². The number of amides is 1. The van der Waals surface area contributed by atoms with Gasteiger partial charge in [-0.05, 0) is 48.3 Å². The number of carbonyl (C=O) groups excluding carboxylic acids is 1. The Kier molecular flexibility index (Phi) is 4.28. The van der Waals surface area contributed by atoms with Crippen molar-refractivity contribution in [1.82, 2.24) is 4.98 Å². The summed E-state index contributed by atoms with van der Waals surface area (Å²) in [6.45, 7) is 8.78. The SMILES string of the molecule is C[C@H]1CCc2nc(NC(=O)c3ccc(C(C)(C)C)cc3)sc2C1. The number of fused-ring (bicyclic) bond motifs is 1. The molecule has 0 fully saturated rings. The van der Waals surface area contributed by atoms with Crippen LogP contribution in [0.25, 0.3) is 0 Å². The van der Waals surface area contributed by atoms with E-state index in [1.807, 2.05) is 24.3 Å². The van der Waals surface area contributed by atoms with Crippen LogP contribution in [0.15, 0.2) is 24.3 Å². The Morgan fingerprint density at radius 2 is 1.96 bits per heavy atom. The van der Waals surface area contributed by atoms with Crippen LogP contribution in [0, 0.1) is 5.92 Å². The molecule has 1 heterocycles. The minimum atomic E-state index is -0.0791. The number of nitrogens with one attached hydrogen (secondary N) is 1. The van der Waals surface area contributed by atoms with E-state index in [0.717, 1.165) is 23.9 Å². The van der Waals surface area contributed by atoms with Gasteiger partial charge in [0, 0.05) is 10.4 Å². The van der Waals surface area contributed by atoms with Crippen LogP contribution in [0.2, 0.25) is 0 Å². The highest BCUT2D eigenvalue weighted by Crippen LogP contribution is 2.32. The summed E-state index contributed by atoms with van der Waals surface area (Å²) < 4.78 is 0. The minimum Gasteiger partial charge on any atom is -0.298 e. The Labute approximate surface area is 142 Å². The minimum absolute atomic E-state index is 0.0791. The van der Waals surface area contributed by atoms with Crippen LogP contribution in [0.4, 0.5) is 5.13 Å². The fourth-order valence-corrected chi connectivity index (χ4v) is 4.05. The first kappa shape index (κ1) is 16.2. The highest BCUT2D eigenvalue weighted by atomic mass is 32.1. The molecule has 4 heteroatoms. The van der Waals surface area contributed by atoms with E-state index >= 15 is 0 Å². The van der Waals surface area contributed by atoms with Gasteiger partial charge in [0.15, 0.2) is 5.13 Å². The molecule has 1 aromatic carbocycles. The zero-order valence-corrected chi connectivity index (χ0v) is 15.1. The lowest BCUT2D eigenvalue weighted by atomic mass is 9.87. The summed E-state index contributed by atoms with van der Waals surface area (Å²) in [4.78, 5) is 18.3. The van der Waals surface area contributed by atoms with Gasteiger partial charge >= 0.3 is 0 Å². The van der Waals surface area contributed by atoms with Crippen molar-refractivity contribution in [2.24, 2.45) is 5.92 Å². The molecule has 1 atom stereocenters. The smallest absolute Gasteiger partial charge is 0.257 e. The maximum Gasteiger partial charge on any atom is 0.257 e. The van der Waals surface area contributed by atoms with E-state index in [1.165, 1.54) is 22.6 Å². The van der Waals surface area contributed by atoms with Gasteiger partial charge in [0.05, 0.1) is 5.69 Å².